The highest BCUT2D eigenvalue weighted by Gasteiger charge is 2.35. The molecule has 0 radical (unpaired) electrons. The lowest BCUT2D eigenvalue weighted by molar-refractivity contribution is -0.144. The van der Waals surface area contributed by atoms with Gasteiger partial charge in [-0.05, 0) is 26.2 Å². The van der Waals surface area contributed by atoms with Crippen LogP contribution >= 0.6 is 0 Å². The predicted octanol–water partition coefficient (Wildman–Crippen LogP) is 2.22. The van der Waals surface area contributed by atoms with Gasteiger partial charge in [-0.1, -0.05) is 26.2 Å². The number of carbonyl (C=O) groups excluding carboxylic acids is 1. The maximum Gasteiger partial charge on any atom is 0.329 e. The van der Waals surface area contributed by atoms with E-state index in [4.69, 9.17) is 0 Å². The Labute approximate surface area is 109 Å². The molecule has 1 fully saturated rings. The lowest BCUT2D eigenvalue weighted by Crippen LogP contribution is -2.56. The highest BCUT2D eigenvalue weighted by atomic mass is 16.4. The summed E-state index contributed by atoms with van der Waals surface area (Å²) in [4.78, 5) is 25.1. The van der Waals surface area contributed by atoms with E-state index >= 15 is 0 Å². The van der Waals surface area contributed by atoms with Crippen LogP contribution in [0.3, 0.4) is 0 Å². The number of carboxylic acid groups (broad SMARTS) is 1. The van der Waals surface area contributed by atoms with Gasteiger partial charge in [0, 0.05) is 13.1 Å². The average Bonchev–Trinajstić information content (AvgIpc) is 2.57. The first kappa shape index (κ1) is 14.8. The summed E-state index contributed by atoms with van der Waals surface area (Å²) < 4.78 is 0. The van der Waals surface area contributed by atoms with Crippen LogP contribution in [0.4, 0.5) is 4.79 Å². The average molecular weight is 256 g/mol. The van der Waals surface area contributed by atoms with Crippen LogP contribution in [0, 0.1) is 0 Å². The number of likely N-dealkylation sites (tertiary alicyclic amines) is 1. The molecule has 0 aliphatic carbocycles. The fraction of sp³-hybridized carbons (Fsp3) is 0.846. The van der Waals surface area contributed by atoms with Crippen molar-refractivity contribution in [1.29, 1.82) is 0 Å². The normalized spacial score (nSPS) is 19.8. The molecule has 5 heteroatoms. The van der Waals surface area contributed by atoms with E-state index in [9.17, 15) is 14.7 Å². The molecule has 1 saturated heterocycles. The van der Waals surface area contributed by atoms with E-state index in [-0.39, 0.29) is 6.03 Å². The van der Waals surface area contributed by atoms with Crippen LogP contribution in [0.15, 0.2) is 0 Å². The van der Waals surface area contributed by atoms with Gasteiger partial charge in [-0.3, -0.25) is 0 Å². The van der Waals surface area contributed by atoms with Gasteiger partial charge in [-0.25, -0.2) is 9.59 Å². The number of urea groups is 1. The third-order valence-electron chi connectivity index (χ3n) is 3.50. The van der Waals surface area contributed by atoms with Gasteiger partial charge in [0.1, 0.15) is 5.54 Å². The molecule has 104 valence electrons. The predicted molar refractivity (Wildman–Crippen MR) is 69.5 cm³/mol. The molecule has 0 spiro atoms. The molecule has 1 aliphatic rings. The molecule has 1 aliphatic heterocycles. The Hall–Kier alpha value is -1.26. The van der Waals surface area contributed by atoms with Crippen molar-refractivity contribution in [3.05, 3.63) is 0 Å². The molecule has 2 N–H and O–H groups in total. The Morgan fingerprint density at radius 2 is 1.78 bits per heavy atom. The fourth-order valence-electron chi connectivity index (χ4n) is 2.31. The summed E-state index contributed by atoms with van der Waals surface area (Å²) in [6, 6.07) is -0.241. The second-order valence-electron chi connectivity index (χ2n) is 5.22. The summed E-state index contributed by atoms with van der Waals surface area (Å²) in [6.45, 7) is 4.95. The number of carbonyl (C=O) groups is 2. The number of hydrogen-bond donors (Lipinski definition) is 2. The van der Waals surface area contributed by atoms with Crippen LogP contribution in [0.25, 0.3) is 0 Å². The summed E-state index contributed by atoms with van der Waals surface area (Å²) in [5.74, 6) is -0.965. The Balaban J connectivity index is 2.62. The van der Waals surface area contributed by atoms with E-state index in [0.29, 0.717) is 6.42 Å². The van der Waals surface area contributed by atoms with E-state index in [1.807, 2.05) is 6.92 Å². The maximum absolute atomic E-state index is 12.1. The smallest absolute Gasteiger partial charge is 0.329 e. The molecule has 0 aromatic heterocycles. The number of carboxylic acids is 1. The minimum absolute atomic E-state index is 0.241. The Morgan fingerprint density at radius 1 is 1.22 bits per heavy atom. The molecular formula is C13H24N2O3. The summed E-state index contributed by atoms with van der Waals surface area (Å²) in [6.07, 6.45) is 5.48. The van der Waals surface area contributed by atoms with Crippen LogP contribution in [0.1, 0.15) is 52.4 Å². The lowest BCUT2D eigenvalue weighted by atomic mass is 9.96. The third kappa shape index (κ3) is 3.89. The Kier molecular flexibility index (Phi) is 5.44. The van der Waals surface area contributed by atoms with Crippen molar-refractivity contribution in [2.24, 2.45) is 0 Å². The Bertz CT molecular complexity index is 299. The van der Waals surface area contributed by atoms with E-state index in [1.165, 1.54) is 0 Å². The van der Waals surface area contributed by atoms with Crippen LogP contribution < -0.4 is 5.32 Å². The topological polar surface area (TPSA) is 69.6 Å². The van der Waals surface area contributed by atoms with E-state index in [2.05, 4.69) is 5.32 Å². The van der Waals surface area contributed by atoms with Crippen molar-refractivity contribution in [2.75, 3.05) is 13.1 Å². The monoisotopic (exact) mass is 256 g/mol. The Morgan fingerprint density at radius 3 is 2.22 bits per heavy atom. The minimum Gasteiger partial charge on any atom is -0.480 e. The first-order valence-electron chi connectivity index (χ1n) is 6.80. The van der Waals surface area contributed by atoms with E-state index in [0.717, 1.165) is 45.2 Å². The number of nitrogens with one attached hydrogen (secondary N) is 1. The first-order valence-corrected chi connectivity index (χ1v) is 6.80. The molecule has 0 aromatic rings. The van der Waals surface area contributed by atoms with Crippen molar-refractivity contribution in [3.8, 4) is 0 Å². The van der Waals surface area contributed by atoms with Crippen LogP contribution in [0.5, 0.6) is 0 Å². The van der Waals surface area contributed by atoms with Gasteiger partial charge >= 0.3 is 12.0 Å². The van der Waals surface area contributed by atoms with Crippen molar-refractivity contribution in [1.82, 2.24) is 10.2 Å². The van der Waals surface area contributed by atoms with Gasteiger partial charge in [0.2, 0.25) is 0 Å². The minimum atomic E-state index is -1.15. The summed E-state index contributed by atoms with van der Waals surface area (Å²) in [5, 5.41) is 11.9. The van der Waals surface area contributed by atoms with Crippen molar-refractivity contribution in [3.63, 3.8) is 0 Å². The number of hydrogen-bond acceptors (Lipinski definition) is 2. The van der Waals surface area contributed by atoms with Gasteiger partial charge in [0.25, 0.3) is 0 Å². The molecule has 5 nitrogen and oxygen atoms in total. The molecule has 2 amide bonds. The highest BCUT2D eigenvalue weighted by molar-refractivity contribution is 5.85. The van der Waals surface area contributed by atoms with Gasteiger partial charge < -0.3 is 15.3 Å². The number of nitrogens with zero attached hydrogens (tertiary/aromatic N) is 1. The van der Waals surface area contributed by atoms with E-state index < -0.39 is 11.5 Å². The number of aliphatic carboxylic acids is 1. The maximum atomic E-state index is 12.1. The molecule has 1 rings (SSSR count). The summed E-state index contributed by atoms with van der Waals surface area (Å²) in [5.41, 5.74) is -1.15. The lowest BCUT2D eigenvalue weighted by Gasteiger charge is -2.30. The van der Waals surface area contributed by atoms with Gasteiger partial charge in [-0.15, -0.1) is 0 Å². The quantitative estimate of drug-likeness (QED) is 0.810. The van der Waals surface area contributed by atoms with Crippen molar-refractivity contribution >= 4 is 12.0 Å². The SMILES string of the molecule is CCCC(C)(NC(=O)N1CCCCCC1)C(=O)O. The second-order valence-corrected chi connectivity index (χ2v) is 5.22. The zero-order valence-electron chi connectivity index (χ0n) is 11.4. The molecule has 0 saturated carbocycles. The molecule has 1 unspecified atom stereocenters. The molecule has 0 aromatic carbocycles. The fourth-order valence-corrected chi connectivity index (χ4v) is 2.31. The van der Waals surface area contributed by atoms with Gasteiger partial charge in [-0.2, -0.15) is 0 Å². The molecule has 1 heterocycles. The zero-order chi connectivity index (χ0) is 13.6. The molecule has 18 heavy (non-hydrogen) atoms. The second kappa shape index (κ2) is 6.61. The number of rotatable bonds is 4. The molecule has 1 atom stereocenters. The summed E-state index contributed by atoms with van der Waals surface area (Å²) >= 11 is 0. The highest BCUT2D eigenvalue weighted by Crippen LogP contribution is 2.15. The zero-order valence-corrected chi connectivity index (χ0v) is 11.4. The van der Waals surface area contributed by atoms with Crippen molar-refractivity contribution < 1.29 is 14.7 Å². The van der Waals surface area contributed by atoms with Crippen LogP contribution in [-0.4, -0.2) is 40.6 Å². The van der Waals surface area contributed by atoms with Crippen LogP contribution in [-0.2, 0) is 4.79 Å². The number of amides is 2. The third-order valence-corrected chi connectivity index (χ3v) is 3.50. The van der Waals surface area contributed by atoms with Crippen LogP contribution in [0.2, 0.25) is 0 Å². The standard InChI is InChI=1S/C13H24N2O3/c1-3-8-13(2,11(16)17)14-12(18)15-9-6-4-5-7-10-15/h3-10H2,1-2H3,(H,14,18)(H,16,17). The largest absolute Gasteiger partial charge is 0.480 e. The molecule has 0 bridgehead atoms. The van der Waals surface area contributed by atoms with E-state index in [1.54, 1.807) is 11.8 Å². The van der Waals surface area contributed by atoms with Gasteiger partial charge in [0.05, 0.1) is 0 Å². The summed E-state index contributed by atoms with van der Waals surface area (Å²) in [7, 11) is 0. The molecular weight excluding hydrogens is 232 g/mol. The first-order chi connectivity index (χ1) is 8.49. The van der Waals surface area contributed by atoms with Crippen molar-refractivity contribution in [2.45, 2.75) is 57.9 Å². The van der Waals surface area contributed by atoms with Gasteiger partial charge in [0.15, 0.2) is 0 Å².